The fourth-order valence-electron chi connectivity index (χ4n) is 2.13. The first-order chi connectivity index (χ1) is 13.3. The zero-order valence-corrected chi connectivity index (χ0v) is 16.9. The number of nitrogens with zero attached hydrogens (tertiary/aromatic N) is 1. The molecule has 0 aliphatic rings. The predicted octanol–water partition coefficient (Wildman–Crippen LogP) is 4.12. The zero-order chi connectivity index (χ0) is 20.7. The number of methoxy groups -OCH3 is 1. The number of hydrogen-bond donors (Lipinski definition) is 2. The SMILES string of the molecule is COc1cc(/C=C(\C#N)C(=O)Nc2ccccc2Cl)c(Br)cc1OCC(=O)O. The second-order valence-corrected chi connectivity index (χ2v) is 6.57. The number of carbonyl (C=O) groups is 2. The van der Waals surface area contributed by atoms with Crippen molar-refractivity contribution in [1.29, 1.82) is 5.26 Å². The number of aliphatic carboxylic acids is 1. The van der Waals surface area contributed by atoms with Crippen LogP contribution in [0.4, 0.5) is 5.69 Å². The number of benzene rings is 2. The van der Waals surface area contributed by atoms with Gasteiger partial charge in [0.2, 0.25) is 0 Å². The minimum atomic E-state index is -1.13. The van der Waals surface area contributed by atoms with E-state index in [-0.39, 0.29) is 17.1 Å². The maximum atomic E-state index is 12.4. The van der Waals surface area contributed by atoms with Gasteiger partial charge in [0, 0.05) is 4.47 Å². The number of ether oxygens (including phenoxy) is 2. The molecule has 2 aromatic carbocycles. The number of nitriles is 1. The van der Waals surface area contributed by atoms with Gasteiger partial charge in [0.05, 0.1) is 17.8 Å². The molecule has 0 radical (unpaired) electrons. The molecule has 2 N–H and O–H groups in total. The normalized spacial score (nSPS) is 10.7. The zero-order valence-electron chi connectivity index (χ0n) is 14.5. The van der Waals surface area contributed by atoms with Gasteiger partial charge in [0.1, 0.15) is 11.6 Å². The molecule has 0 saturated heterocycles. The lowest BCUT2D eigenvalue weighted by molar-refractivity contribution is -0.139. The Hall–Kier alpha value is -3.02. The average molecular weight is 466 g/mol. The van der Waals surface area contributed by atoms with Crippen LogP contribution in [0.2, 0.25) is 5.02 Å². The highest BCUT2D eigenvalue weighted by Gasteiger charge is 2.15. The summed E-state index contributed by atoms with van der Waals surface area (Å²) in [5, 5.41) is 21.0. The lowest BCUT2D eigenvalue weighted by atomic mass is 10.1. The number of amides is 1. The van der Waals surface area contributed by atoms with Crippen molar-refractivity contribution in [2.75, 3.05) is 19.0 Å². The summed E-state index contributed by atoms with van der Waals surface area (Å²) in [7, 11) is 1.39. The van der Waals surface area contributed by atoms with Crippen molar-refractivity contribution in [2.24, 2.45) is 0 Å². The van der Waals surface area contributed by atoms with E-state index in [2.05, 4.69) is 21.2 Å². The summed E-state index contributed by atoms with van der Waals surface area (Å²) >= 11 is 9.33. The Labute approximate surface area is 174 Å². The van der Waals surface area contributed by atoms with E-state index in [0.717, 1.165) is 0 Å². The predicted molar refractivity (Wildman–Crippen MR) is 107 cm³/mol. The van der Waals surface area contributed by atoms with Gasteiger partial charge in [-0.1, -0.05) is 39.7 Å². The second kappa shape index (κ2) is 9.78. The molecule has 0 saturated carbocycles. The maximum Gasteiger partial charge on any atom is 0.341 e. The Kier molecular flexibility index (Phi) is 7.44. The molecule has 28 heavy (non-hydrogen) atoms. The molecule has 0 atom stereocenters. The van der Waals surface area contributed by atoms with Crippen LogP contribution in [0.3, 0.4) is 0 Å². The summed E-state index contributed by atoms with van der Waals surface area (Å²) in [6.45, 7) is -0.540. The molecule has 0 aromatic heterocycles. The van der Waals surface area contributed by atoms with E-state index in [4.69, 9.17) is 26.2 Å². The van der Waals surface area contributed by atoms with Gasteiger partial charge in [-0.05, 0) is 35.9 Å². The maximum absolute atomic E-state index is 12.4. The van der Waals surface area contributed by atoms with Gasteiger partial charge in [0.25, 0.3) is 5.91 Å². The van der Waals surface area contributed by atoms with E-state index < -0.39 is 18.5 Å². The van der Waals surface area contributed by atoms with Crippen molar-refractivity contribution >= 4 is 51.2 Å². The molecule has 0 fully saturated rings. The van der Waals surface area contributed by atoms with E-state index in [1.54, 1.807) is 24.3 Å². The van der Waals surface area contributed by atoms with Gasteiger partial charge in [-0.3, -0.25) is 4.79 Å². The monoisotopic (exact) mass is 464 g/mol. The second-order valence-electron chi connectivity index (χ2n) is 5.31. The average Bonchev–Trinajstić information content (AvgIpc) is 2.67. The van der Waals surface area contributed by atoms with Crippen LogP contribution in [0.25, 0.3) is 6.08 Å². The van der Waals surface area contributed by atoms with Crippen molar-refractivity contribution in [1.82, 2.24) is 0 Å². The molecule has 0 aliphatic heterocycles. The molecular weight excluding hydrogens is 452 g/mol. The number of halogens is 2. The quantitative estimate of drug-likeness (QED) is 0.470. The Bertz CT molecular complexity index is 985. The lowest BCUT2D eigenvalue weighted by Gasteiger charge is -2.12. The topological polar surface area (TPSA) is 109 Å². The minimum absolute atomic E-state index is 0.165. The first-order valence-electron chi connectivity index (χ1n) is 7.75. The van der Waals surface area contributed by atoms with Crippen LogP contribution in [-0.2, 0) is 9.59 Å². The summed E-state index contributed by atoms with van der Waals surface area (Å²) < 4.78 is 10.8. The molecule has 0 spiro atoms. The third-order valence-electron chi connectivity index (χ3n) is 3.42. The van der Waals surface area contributed by atoms with Gasteiger partial charge in [-0.2, -0.15) is 5.26 Å². The standard InChI is InChI=1S/C19H14BrClN2O5/c1-27-16-7-11(13(20)8-17(16)28-10-18(24)25)6-12(9-22)19(26)23-15-5-3-2-4-14(15)21/h2-8H,10H2,1H3,(H,23,26)(H,24,25)/b12-6+. The number of carbonyl (C=O) groups excluding carboxylic acids is 1. The highest BCUT2D eigenvalue weighted by Crippen LogP contribution is 2.34. The molecule has 9 heteroatoms. The summed E-state index contributed by atoms with van der Waals surface area (Å²) in [5.74, 6) is -1.31. The first-order valence-corrected chi connectivity index (χ1v) is 8.92. The molecule has 2 aromatic rings. The lowest BCUT2D eigenvalue weighted by Crippen LogP contribution is -2.13. The third-order valence-corrected chi connectivity index (χ3v) is 4.44. The number of carboxylic acid groups (broad SMARTS) is 1. The van der Waals surface area contributed by atoms with Crippen LogP contribution in [0.1, 0.15) is 5.56 Å². The summed E-state index contributed by atoms with van der Waals surface area (Å²) in [6, 6.07) is 11.5. The van der Waals surface area contributed by atoms with Crippen LogP contribution in [0.5, 0.6) is 11.5 Å². The van der Waals surface area contributed by atoms with Gasteiger partial charge < -0.3 is 19.9 Å². The van der Waals surface area contributed by atoms with Crippen molar-refractivity contribution < 1.29 is 24.2 Å². The Balaban J connectivity index is 2.32. The molecule has 144 valence electrons. The van der Waals surface area contributed by atoms with Crippen LogP contribution in [-0.4, -0.2) is 30.7 Å². The largest absolute Gasteiger partial charge is 0.493 e. The van der Waals surface area contributed by atoms with Crippen molar-refractivity contribution in [2.45, 2.75) is 0 Å². The van der Waals surface area contributed by atoms with Gasteiger partial charge in [0.15, 0.2) is 18.1 Å². The highest BCUT2D eigenvalue weighted by molar-refractivity contribution is 9.10. The smallest absolute Gasteiger partial charge is 0.341 e. The third kappa shape index (κ3) is 5.49. The number of rotatable bonds is 7. The number of hydrogen-bond acceptors (Lipinski definition) is 5. The molecule has 0 bridgehead atoms. The molecule has 2 rings (SSSR count). The van der Waals surface area contributed by atoms with Crippen molar-refractivity contribution in [3.8, 4) is 17.6 Å². The number of para-hydroxylation sites is 1. The fraction of sp³-hybridized carbons (Fsp3) is 0.105. The molecule has 1 amide bonds. The first kappa shape index (κ1) is 21.3. The van der Waals surface area contributed by atoms with E-state index >= 15 is 0 Å². The van der Waals surface area contributed by atoms with Crippen molar-refractivity contribution in [3.05, 3.63) is 57.0 Å². The van der Waals surface area contributed by atoms with E-state index in [1.807, 2.05) is 6.07 Å². The fourth-order valence-corrected chi connectivity index (χ4v) is 2.75. The molecule has 7 nitrogen and oxygen atoms in total. The van der Waals surface area contributed by atoms with E-state index in [1.165, 1.54) is 25.3 Å². The van der Waals surface area contributed by atoms with Crippen LogP contribution < -0.4 is 14.8 Å². The van der Waals surface area contributed by atoms with Gasteiger partial charge in [-0.25, -0.2) is 4.79 Å². The molecule has 0 unspecified atom stereocenters. The van der Waals surface area contributed by atoms with E-state index in [0.29, 0.717) is 20.7 Å². The number of anilines is 1. The number of carboxylic acids is 1. The van der Waals surface area contributed by atoms with Crippen LogP contribution in [0.15, 0.2) is 46.4 Å². The van der Waals surface area contributed by atoms with Gasteiger partial charge >= 0.3 is 5.97 Å². The van der Waals surface area contributed by atoms with Gasteiger partial charge in [-0.15, -0.1) is 0 Å². The molecule has 0 heterocycles. The summed E-state index contributed by atoms with van der Waals surface area (Å²) in [5.41, 5.74) is 0.677. The van der Waals surface area contributed by atoms with Crippen molar-refractivity contribution in [3.63, 3.8) is 0 Å². The van der Waals surface area contributed by atoms with E-state index in [9.17, 15) is 14.9 Å². The van der Waals surface area contributed by atoms with Crippen LogP contribution in [0, 0.1) is 11.3 Å². The Morgan fingerprint density at radius 3 is 2.64 bits per heavy atom. The molecular formula is C19H14BrClN2O5. The minimum Gasteiger partial charge on any atom is -0.493 e. The number of nitrogens with one attached hydrogen (secondary N) is 1. The summed E-state index contributed by atoms with van der Waals surface area (Å²) in [6.07, 6.45) is 1.36. The Morgan fingerprint density at radius 2 is 2.04 bits per heavy atom. The molecule has 0 aliphatic carbocycles. The Morgan fingerprint density at radius 1 is 1.32 bits per heavy atom. The van der Waals surface area contributed by atoms with Crippen LogP contribution >= 0.6 is 27.5 Å². The summed E-state index contributed by atoms with van der Waals surface area (Å²) in [4.78, 5) is 23.1. The highest BCUT2D eigenvalue weighted by atomic mass is 79.9.